The van der Waals surface area contributed by atoms with Crippen LogP contribution in [0.1, 0.15) is 13.8 Å². The van der Waals surface area contributed by atoms with Gasteiger partial charge in [0.05, 0.1) is 0 Å². The number of hydrogen-bond acceptors (Lipinski definition) is 3. The largest absolute Gasteiger partial charge is 0.370 e. The van der Waals surface area contributed by atoms with Crippen molar-refractivity contribution >= 4 is 17.6 Å². The number of carbonyl (C=O) groups is 1. The first-order valence-electron chi connectivity index (χ1n) is 7.80. The molecule has 1 aliphatic rings. The molecule has 1 heterocycles. The van der Waals surface area contributed by atoms with Crippen molar-refractivity contribution in [3.05, 3.63) is 30.1 Å². The van der Waals surface area contributed by atoms with Gasteiger partial charge >= 0.3 is 0 Å². The van der Waals surface area contributed by atoms with Crippen molar-refractivity contribution < 1.29 is 9.18 Å². The van der Waals surface area contributed by atoms with Crippen molar-refractivity contribution in [2.45, 2.75) is 19.9 Å². The second-order valence-electron chi connectivity index (χ2n) is 5.85. The lowest BCUT2D eigenvalue weighted by Gasteiger charge is -2.36. The predicted molar refractivity (Wildman–Crippen MR) is 90.0 cm³/mol. The Bertz CT molecular complexity index is 550. The summed E-state index contributed by atoms with van der Waals surface area (Å²) in [4.78, 5) is 19.9. The molecule has 1 saturated heterocycles. The van der Waals surface area contributed by atoms with Crippen molar-refractivity contribution in [3.63, 3.8) is 0 Å². The molecule has 1 aromatic rings. The molecule has 0 atom stereocenters. The fourth-order valence-electron chi connectivity index (χ4n) is 2.47. The third-order valence-corrected chi connectivity index (χ3v) is 3.63. The van der Waals surface area contributed by atoms with E-state index in [-0.39, 0.29) is 24.3 Å². The minimum absolute atomic E-state index is 0.0438. The van der Waals surface area contributed by atoms with E-state index >= 15 is 0 Å². The lowest BCUT2D eigenvalue weighted by Crippen LogP contribution is -2.51. The van der Waals surface area contributed by atoms with E-state index in [1.165, 1.54) is 12.1 Å². The molecule has 126 valence electrons. The van der Waals surface area contributed by atoms with Gasteiger partial charge in [-0.05, 0) is 38.1 Å². The number of carbonyl (C=O) groups excluding carboxylic acids is 1. The first-order chi connectivity index (χ1) is 11.0. The number of anilines is 1. The summed E-state index contributed by atoms with van der Waals surface area (Å²) in [7, 11) is 0. The molecular formula is C16H24FN5O. The van der Waals surface area contributed by atoms with Crippen LogP contribution in [0.25, 0.3) is 0 Å². The lowest BCUT2D eigenvalue weighted by atomic mass is 10.2. The van der Waals surface area contributed by atoms with Crippen LogP contribution >= 0.6 is 0 Å². The maximum Gasteiger partial charge on any atom is 0.242 e. The normalized spacial score (nSPS) is 15.9. The molecular weight excluding hydrogens is 297 g/mol. The Hall–Kier alpha value is -2.31. The maximum atomic E-state index is 13.0. The lowest BCUT2D eigenvalue weighted by molar-refractivity contribution is -0.120. The van der Waals surface area contributed by atoms with E-state index in [0.717, 1.165) is 31.9 Å². The molecule has 0 bridgehead atoms. The van der Waals surface area contributed by atoms with Crippen LogP contribution < -0.4 is 16.0 Å². The number of nitrogens with one attached hydrogen (secondary N) is 1. The highest BCUT2D eigenvalue weighted by Crippen LogP contribution is 2.16. The summed E-state index contributed by atoms with van der Waals surface area (Å²) in [6, 6.07) is 6.57. The minimum atomic E-state index is -0.233. The highest BCUT2D eigenvalue weighted by atomic mass is 19.1. The zero-order valence-corrected chi connectivity index (χ0v) is 13.6. The fourth-order valence-corrected chi connectivity index (χ4v) is 2.47. The van der Waals surface area contributed by atoms with Crippen molar-refractivity contribution in [1.82, 2.24) is 10.2 Å². The standard InChI is InChI=1S/C16H24FN5O/c1-12(2)20-15(23)11-19-16(18)22-9-7-21(8-10-22)14-5-3-13(17)4-6-14/h3-6,12H,7-11H2,1-2H3,(H2,18,19)(H,20,23). The van der Waals surface area contributed by atoms with Gasteiger partial charge in [0, 0.05) is 37.9 Å². The van der Waals surface area contributed by atoms with Crippen LogP contribution in [0.2, 0.25) is 0 Å². The van der Waals surface area contributed by atoms with Gasteiger partial charge in [-0.25, -0.2) is 9.38 Å². The molecule has 0 unspecified atom stereocenters. The van der Waals surface area contributed by atoms with Crippen molar-refractivity contribution in [1.29, 1.82) is 0 Å². The molecule has 0 aliphatic carbocycles. The summed E-state index contributed by atoms with van der Waals surface area (Å²) < 4.78 is 13.0. The predicted octanol–water partition coefficient (Wildman–Crippen LogP) is 0.787. The quantitative estimate of drug-likeness (QED) is 0.635. The van der Waals surface area contributed by atoms with Crippen LogP contribution in [0.15, 0.2) is 29.3 Å². The Morgan fingerprint density at radius 2 is 1.87 bits per heavy atom. The number of hydrogen-bond donors (Lipinski definition) is 2. The van der Waals surface area contributed by atoms with Crippen LogP contribution in [0, 0.1) is 5.82 Å². The van der Waals surface area contributed by atoms with E-state index in [1.54, 1.807) is 12.1 Å². The first kappa shape index (κ1) is 17.1. The zero-order valence-electron chi connectivity index (χ0n) is 13.6. The van der Waals surface area contributed by atoms with Crippen LogP contribution in [-0.2, 0) is 4.79 Å². The monoisotopic (exact) mass is 321 g/mol. The molecule has 7 heteroatoms. The topological polar surface area (TPSA) is 74.0 Å². The molecule has 1 aliphatic heterocycles. The van der Waals surface area contributed by atoms with Crippen LogP contribution in [0.4, 0.5) is 10.1 Å². The molecule has 0 saturated carbocycles. The van der Waals surface area contributed by atoms with Gasteiger partial charge in [-0.15, -0.1) is 0 Å². The van der Waals surface area contributed by atoms with Crippen LogP contribution in [-0.4, -0.2) is 55.5 Å². The third kappa shape index (κ3) is 5.12. The van der Waals surface area contributed by atoms with Crippen molar-refractivity contribution in [2.75, 3.05) is 37.6 Å². The van der Waals surface area contributed by atoms with E-state index < -0.39 is 0 Å². The third-order valence-electron chi connectivity index (χ3n) is 3.63. The fraction of sp³-hybridized carbons (Fsp3) is 0.500. The van der Waals surface area contributed by atoms with E-state index in [9.17, 15) is 9.18 Å². The highest BCUT2D eigenvalue weighted by Gasteiger charge is 2.18. The average Bonchev–Trinajstić information content (AvgIpc) is 2.53. The van der Waals surface area contributed by atoms with Crippen molar-refractivity contribution in [3.8, 4) is 0 Å². The number of benzene rings is 1. The van der Waals surface area contributed by atoms with Gasteiger partial charge < -0.3 is 20.9 Å². The summed E-state index contributed by atoms with van der Waals surface area (Å²) in [5.41, 5.74) is 6.96. The molecule has 0 radical (unpaired) electrons. The molecule has 23 heavy (non-hydrogen) atoms. The number of nitrogens with zero attached hydrogens (tertiary/aromatic N) is 3. The summed E-state index contributed by atoms with van der Waals surface area (Å²) in [5, 5.41) is 2.78. The van der Waals surface area contributed by atoms with Gasteiger partial charge in [0.25, 0.3) is 0 Å². The number of rotatable bonds is 4. The van der Waals surface area contributed by atoms with Crippen molar-refractivity contribution in [2.24, 2.45) is 10.7 Å². The van der Waals surface area contributed by atoms with Gasteiger partial charge in [0.2, 0.25) is 5.91 Å². The SMILES string of the molecule is CC(C)NC(=O)CN=C(N)N1CCN(c2ccc(F)cc2)CC1. The van der Waals surface area contributed by atoms with E-state index in [0.29, 0.717) is 5.96 Å². The molecule has 0 spiro atoms. The molecule has 1 amide bonds. The number of piperazine rings is 1. The Morgan fingerprint density at radius 1 is 1.26 bits per heavy atom. The summed E-state index contributed by atoms with van der Waals surface area (Å²) >= 11 is 0. The van der Waals surface area contributed by atoms with Gasteiger partial charge in [-0.2, -0.15) is 0 Å². The molecule has 0 aromatic heterocycles. The average molecular weight is 321 g/mol. The van der Waals surface area contributed by atoms with Gasteiger partial charge in [-0.1, -0.05) is 0 Å². The molecule has 2 rings (SSSR count). The van der Waals surface area contributed by atoms with E-state index in [1.807, 2.05) is 18.7 Å². The number of halogens is 1. The summed E-state index contributed by atoms with van der Waals surface area (Å²) in [6.07, 6.45) is 0. The molecule has 3 N–H and O–H groups in total. The summed E-state index contributed by atoms with van der Waals surface area (Å²) in [6.45, 7) is 6.85. The minimum Gasteiger partial charge on any atom is -0.370 e. The Balaban J connectivity index is 1.83. The second-order valence-corrected chi connectivity index (χ2v) is 5.85. The number of guanidine groups is 1. The van der Waals surface area contributed by atoms with E-state index in [2.05, 4.69) is 15.2 Å². The second kappa shape index (κ2) is 7.80. The Labute approximate surface area is 136 Å². The number of aliphatic imine (C=N–C) groups is 1. The first-order valence-corrected chi connectivity index (χ1v) is 7.80. The number of nitrogens with two attached hydrogens (primary N) is 1. The molecule has 1 aromatic carbocycles. The molecule has 1 fully saturated rings. The maximum absolute atomic E-state index is 13.0. The number of amides is 1. The van der Waals surface area contributed by atoms with Gasteiger partial charge in [-0.3, -0.25) is 4.79 Å². The van der Waals surface area contributed by atoms with Crippen LogP contribution in [0.3, 0.4) is 0 Å². The Morgan fingerprint density at radius 3 is 2.43 bits per heavy atom. The summed E-state index contributed by atoms with van der Waals surface area (Å²) in [5.74, 6) is 0.0269. The van der Waals surface area contributed by atoms with Crippen LogP contribution in [0.5, 0.6) is 0 Å². The van der Waals surface area contributed by atoms with Gasteiger partial charge in [0.1, 0.15) is 12.4 Å². The van der Waals surface area contributed by atoms with E-state index in [4.69, 9.17) is 5.73 Å². The highest BCUT2D eigenvalue weighted by molar-refractivity contribution is 5.84. The molecule has 6 nitrogen and oxygen atoms in total. The smallest absolute Gasteiger partial charge is 0.242 e. The van der Waals surface area contributed by atoms with Gasteiger partial charge in [0.15, 0.2) is 5.96 Å². The zero-order chi connectivity index (χ0) is 16.8. The Kier molecular flexibility index (Phi) is 5.78.